The third-order valence-corrected chi connectivity index (χ3v) is 4.71. The minimum atomic E-state index is 0.101. The van der Waals surface area contributed by atoms with E-state index in [4.69, 9.17) is 0 Å². The first kappa shape index (κ1) is 12.3. The molecular weight excluding hydrogens is 308 g/mol. The summed E-state index contributed by atoms with van der Waals surface area (Å²) in [4.78, 5) is 16.8. The molecule has 0 N–H and O–H groups in total. The molecule has 88 valence electrons. The Labute approximate surface area is 113 Å². The molecule has 1 fully saturated rings. The van der Waals surface area contributed by atoms with Crippen LogP contribution in [0.5, 0.6) is 0 Å². The fourth-order valence-electron chi connectivity index (χ4n) is 1.86. The van der Waals surface area contributed by atoms with E-state index >= 15 is 0 Å². The van der Waals surface area contributed by atoms with Crippen LogP contribution in [0.2, 0.25) is 0 Å². The van der Waals surface area contributed by atoms with Gasteiger partial charge in [0.2, 0.25) is 0 Å². The molecular formula is C10H13BrN2OS2. The fraction of sp³-hybridized carbons (Fsp3) is 0.500. The summed E-state index contributed by atoms with van der Waals surface area (Å²) in [7, 11) is 1.86. The molecule has 6 heteroatoms. The maximum absolute atomic E-state index is 11.9. The molecule has 1 aromatic heterocycles. The van der Waals surface area contributed by atoms with Gasteiger partial charge in [-0.2, -0.15) is 12.6 Å². The smallest absolute Gasteiger partial charge is 0.320 e. The molecule has 1 aliphatic heterocycles. The summed E-state index contributed by atoms with van der Waals surface area (Å²) in [6.45, 7) is 1.48. The molecule has 0 spiro atoms. The van der Waals surface area contributed by atoms with Crippen molar-refractivity contribution >= 4 is 45.9 Å². The van der Waals surface area contributed by atoms with Crippen LogP contribution in [0.25, 0.3) is 0 Å². The van der Waals surface area contributed by atoms with Gasteiger partial charge in [0.1, 0.15) is 0 Å². The van der Waals surface area contributed by atoms with Crippen molar-refractivity contribution in [2.24, 2.45) is 0 Å². The number of carbonyl (C=O) groups excluding carboxylic acids is 1. The Morgan fingerprint density at radius 1 is 1.69 bits per heavy atom. The Morgan fingerprint density at radius 2 is 2.44 bits per heavy atom. The van der Waals surface area contributed by atoms with Crippen LogP contribution in [0.1, 0.15) is 10.9 Å². The Bertz CT molecular complexity index is 396. The third-order valence-electron chi connectivity index (χ3n) is 2.72. The maximum atomic E-state index is 11.9. The number of hydrogen-bond donors (Lipinski definition) is 1. The highest BCUT2D eigenvalue weighted by Crippen LogP contribution is 2.33. The van der Waals surface area contributed by atoms with E-state index in [1.165, 1.54) is 4.88 Å². The van der Waals surface area contributed by atoms with E-state index in [0.29, 0.717) is 5.75 Å². The summed E-state index contributed by atoms with van der Waals surface area (Å²) >= 11 is 9.30. The Balaban J connectivity index is 2.15. The van der Waals surface area contributed by atoms with Crippen molar-refractivity contribution in [1.29, 1.82) is 0 Å². The summed E-state index contributed by atoms with van der Waals surface area (Å²) < 4.78 is 1.08. The number of amides is 2. The van der Waals surface area contributed by atoms with Gasteiger partial charge in [0.15, 0.2) is 0 Å². The summed E-state index contributed by atoms with van der Waals surface area (Å²) in [5, 5.41) is 2.05. The van der Waals surface area contributed by atoms with Crippen molar-refractivity contribution in [3.05, 3.63) is 20.8 Å². The summed E-state index contributed by atoms with van der Waals surface area (Å²) in [6.07, 6.45) is 0. The molecule has 16 heavy (non-hydrogen) atoms. The molecule has 0 radical (unpaired) electrons. The van der Waals surface area contributed by atoms with Crippen LogP contribution in [-0.2, 0) is 0 Å². The van der Waals surface area contributed by atoms with Crippen LogP contribution < -0.4 is 0 Å². The van der Waals surface area contributed by atoms with Crippen LogP contribution >= 0.6 is 39.9 Å². The number of nitrogens with zero attached hydrogens (tertiary/aromatic N) is 2. The molecule has 0 bridgehead atoms. The number of urea groups is 1. The van der Waals surface area contributed by atoms with Gasteiger partial charge in [-0.3, -0.25) is 0 Å². The molecule has 1 aromatic rings. The zero-order valence-corrected chi connectivity index (χ0v) is 12.2. The average molecular weight is 321 g/mol. The van der Waals surface area contributed by atoms with Crippen molar-refractivity contribution in [3.8, 4) is 0 Å². The monoisotopic (exact) mass is 320 g/mol. The number of likely N-dealkylation sites (N-methyl/N-ethyl adjacent to an activating group) is 1. The van der Waals surface area contributed by atoms with Crippen LogP contribution in [0.3, 0.4) is 0 Å². The zero-order valence-electron chi connectivity index (χ0n) is 8.89. The van der Waals surface area contributed by atoms with Gasteiger partial charge in [0.25, 0.3) is 0 Å². The highest BCUT2D eigenvalue weighted by molar-refractivity contribution is 9.10. The summed E-state index contributed by atoms with van der Waals surface area (Å²) in [6, 6.07) is 2.37. The van der Waals surface area contributed by atoms with Gasteiger partial charge >= 0.3 is 6.03 Å². The van der Waals surface area contributed by atoms with Crippen molar-refractivity contribution in [2.45, 2.75) is 6.04 Å². The largest absolute Gasteiger partial charge is 0.321 e. The predicted molar refractivity (Wildman–Crippen MR) is 73.3 cm³/mol. The second kappa shape index (κ2) is 4.98. The molecule has 2 heterocycles. The predicted octanol–water partition coefficient (Wildman–Crippen LogP) is 2.85. The van der Waals surface area contributed by atoms with Gasteiger partial charge in [-0.05, 0) is 22.0 Å². The van der Waals surface area contributed by atoms with E-state index in [0.717, 1.165) is 17.6 Å². The van der Waals surface area contributed by atoms with E-state index in [-0.39, 0.29) is 12.1 Å². The van der Waals surface area contributed by atoms with Crippen molar-refractivity contribution < 1.29 is 4.79 Å². The van der Waals surface area contributed by atoms with Crippen LogP contribution in [0.15, 0.2) is 15.9 Å². The Morgan fingerprint density at radius 3 is 3.00 bits per heavy atom. The quantitative estimate of drug-likeness (QED) is 0.850. The molecule has 0 aromatic carbocycles. The van der Waals surface area contributed by atoms with Crippen molar-refractivity contribution in [3.63, 3.8) is 0 Å². The average Bonchev–Trinajstić information content (AvgIpc) is 2.78. The number of thiophene rings is 1. The highest BCUT2D eigenvalue weighted by Gasteiger charge is 2.35. The Kier molecular flexibility index (Phi) is 3.81. The number of thiol groups is 1. The van der Waals surface area contributed by atoms with Crippen molar-refractivity contribution in [2.75, 3.05) is 25.9 Å². The molecule has 1 aliphatic rings. The number of halogens is 1. The number of rotatable bonds is 3. The molecule has 1 atom stereocenters. The first-order valence-corrected chi connectivity index (χ1v) is 7.30. The molecule has 1 saturated heterocycles. The normalized spacial score (nSPS) is 20.9. The first-order valence-electron chi connectivity index (χ1n) is 5.00. The molecule has 0 aliphatic carbocycles. The minimum absolute atomic E-state index is 0.101. The van der Waals surface area contributed by atoms with Gasteiger partial charge in [0.05, 0.1) is 6.04 Å². The van der Waals surface area contributed by atoms with Gasteiger partial charge in [-0.15, -0.1) is 11.3 Å². The SMILES string of the molecule is CN1C(=O)N(CCS)CC1c1cc(Br)cs1. The Hall–Kier alpha value is -0.200. The van der Waals surface area contributed by atoms with E-state index in [2.05, 4.69) is 40.0 Å². The van der Waals surface area contributed by atoms with E-state index in [1.54, 1.807) is 11.3 Å². The highest BCUT2D eigenvalue weighted by atomic mass is 79.9. The maximum Gasteiger partial charge on any atom is 0.320 e. The summed E-state index contributed by atoms with van der Waals surface area (Å²) in [5.74, 6) is 0.709. The molecule has 2 rings (SSSR count). The lowest BCUT2D eigenvalue weighted by atomic mass is 10.2. The second-order valence-electron chi connectivity index (χ2n) is 3.75. The molecule has 2 amide bonds. The van der Waals surface area contributed by atoms with Crippen molar-refractivity contribution in [1.82, 2.24) is 9.80 Å². The van der Waals surface area contributed by atoms with Crippen LogP contribution in [0, 0.1) is 0 Å². The third kappa shape index (κ3) is 2.24. The van der Waals surface area contributed by atoms with Gasteiger partial charge < -0.3 is 9.80 Å². The molecule has 3 nitrogen and oxygen atoms in total. The lowest BCUT2D eigenvalue weighted by Gasteiger charge is -2.15. The van der Waals surface area contributed by atoms with E-state index in [9.17, 15) is 4.79 Å². The first-order chi connectivity index (χ1) is 7.63. The second-order valence-corrected chi connectivity index (χ2v) is 6.05. The minimum Gasteiger partial charge on any atom is -0.321 e. The van der Waals surface area contributed by atoms with Crippen LogP contribution in [-0.4, -0.2) is 41.7 Å². The lowest BCUT2D eigenvalue weighted by Crippen LogP contribution is -2.30. The standard InChI is InChI=1S/C10H13BrN2OS2/c1-12-8(9-4-7(11)6-16-9)5-13(2-3-15)10(12)14/h4,6,8,15H,2-3,5H2,1H3. The van der Waals surface area contributed by atoms with Crippen LogP contribution in [0.4, 0.5) is 4.79 Å². The number of carbonyl (C=O) groups is 1. The topological polar surface area (TPSA) is 23.6 Å². The molecule has 0 saturated carbocycles. The summed E-state index contributed by atoms with van der Waals surface area (Å²) in [5.41, 5.74) is 0. The number of hydrogen-bond acceptors (Lipinski definition) is 3. The molecule has 1 unspecified atom stereocenters. The zero-order chi connectivity index (χ0) is 11.7. The van der Waals surface area contributed by atoms with E-state index in [1.807, 2.05) is 16.8 Å². The van der Waals surface area contributed by atoms with Gasteiger partial charge in [-0.1, -0.05) is 0 Å². The van der Waals surface area contributed by atoms with Gasteiger partial charge in [0, 0.05) is 40.6 Å². The fourth-order valence-corrected chi connectivity index (χ4v) is 3.68. The van der Waals surface area contributed by atoms with E-state index < -0.39 is 0 Å². The lowest BCUT2D eigenvalue weighted by molar-refractivity contribution is 0.197. The van der Waals surface area contributed by atoms with Gasteiger partial charge in [-0.25, -0.2) is 4.79 Å².